The van der Waals surface area contributed by atoms with Gasteiger partial charge in [-0.2, -0.15) is 0 Å². The highest BCUT2D eigenvalue weighted by Gasteiger charge is 2.40. The molecule has 34 heavy (non-hydrogen) atoms. The molecule has 7 heteroatoms. The largest absolute Gasteiger partial charge is 0.338 e. The third-order valence-electron chi connectivity index (χ3n) is 6.50. The molecule has 0 saturated carbocycles. The van der Waals surface area contributed by atoms with Gasteiger partial charge in [-0.1, -0.05) is 42.5 Å². The first-order valence-electron chi connectivity index (χ1n) is 11.2. The Kier molecular flexibility index (Phi) is 4.69. The molecule has 4 aromatic rings. The number of amides is 3. The second-order valence-electron chi connectivity index (χ2n) is 8.55. The summed E-state index contributed by atoms with van der Waals surface area (Å²) in [4.78, 5) is 50.7. The van der Waals surface area contributed by atoms with E-state index in [2.05, 4.69) is 22.1 Å². The summed E-state index contributed by atoms with van der Waals surface area (Å²) in [6.45, 7) is 1.37. The van der Waals surface area contributed by atoms with Crippen molar-refractivity contribution in [2.45, 2.75) is 12.3 Å². The minimum atomic E-state index is -0.512. The lowest BCUT2D eigenvalue weighted by atomic mass is 9.99. The summed E-state index contributed by atoms with van der Waals surface area (Å²) < 4.78 is 0. The number of likely N-dealkylation sites (tertiary alicyclic amines) is 1. The standard InChI is InChI=1S/C27H20N4O3/c32-25(30-15-14-19(16-30)17-6-2-1-3-7-17)18-10-12-20(13-11-18)31-26(33)23-24(27(31)34)29-22-9-5-4-8-21(22)28-23/h1-13,19H,14-16H2/t19-/m0/s1. The number of carbonyl (C=O) groups excluding carboxylic acids is 3. The van der Waals surface area contributed by atoms with Gasteiger partial charge in [-0.05, 0) is 48.4 Å². The molecule has 3 heterocycles. The van der Waals surface area contributed by atoms with Crippen LogP contribution < -0.4 is 4.90 Å². The molecule has 3 amide bonds. The van der Waals surface area contributed by atoms with E-state index in [0.29, 0.717) is 41.3 Å². The Hall–Kier alpha value is -4.39. The molecule has 3 aromatic carbocycles. The fourth-order valence-electron chi connectivity index (χ4n) is 4.71. The third kappa shape index (κ3) is 3.25. The van der Waals surface area contributed by atoms with Crippen LogP contribution in [0.25, 0.3) is 11.0 Å². The number of imide groups is 1. The lowest BCUT2D eigenvalue weighted by molar-refractivity contribution is 0.0790. The molecule has 1 fully saturated rings. The maximum atomic E-state index is 13.1. The second kappa shape index (κ2) is 7.88. The molecule has 6 rings (SSSR count). The average molecular weight is 448 g/mol. The zero-order valence-corrected chi connectivity index (χ0v) is 18.2. The summed E-state index contributed by atoms with van der Waals surface area (Å²) in [6.07, 6.45) is 0.928. The maximum absolute atomic E-state index is 13.1. The Morgan fingerprint density at radius 1 is 0.765 bits per heavy atom. The number of fused-ring (bicyclic) bond motifs is 2. The summed E-state index contributed by atoms with van der Waals surface area (Å²) in [5.41, 5.74) is 3.37. The molecule has 1 atom stereocenters. The number of aromatic nitrogens is 2. The smallest absolute Gasteiger partial charge is 0.286 e. The van der Waals surface area contributed by atoms with Crippen molar-refractivity contribution < 1.29 is 14.4 Å². The molecule has 0 aliphatic carbocycles. The number of hydrogen-bond acceptors (Lipinski definition) is 5. The Labute approximate surface area is 195 Å². The lowest BCUT2D eigenvalue weighted by Crippen LogP contribution is -2.30. The molecule has 0 bridgehead atoms. The molecule has 0 unspecified atom stereocenters. The number of hydrogen-bond donors (Lipinski definition) is 0. The van der Waals surface area contributed by atoms with Crippen LogP contribution in [0.5, 0.6) is 0 Å². The molecule has 166 valence electrons. The molecular weight excluding hydrogens is 428 g/mol. The highest BCUT2D eigenvalue weighted by atomic mass is 16.2. The first-order valence-corrected chi connectivity index (χ1v) is 11.2. The van der Waals surface area contributed by atoms with E-state index in [1.165, 1.54) is 5.56 Å². The number of benzene rings is 3. The van der Waals surface area contributed by atoms with Crippen molar-refractivity contribution in [3.8, 4) is 0 Å². The number of nitrogens with zero attached hydrogens (tertiary/aromatic N) is 4. The number of para-hydroxylation sites is 2. The normalized spacial score (nSPS) is 17.5. The van der Waals surface area contributed by atoms with Gasteiger partial charge in [-0.25, -0.2) is 14.9 Å². The minimum absolute atomic E-state index is 0.0490. The van der Waals surface area contributed by atoms with Crippen LogP contribution in [0.1, 0.15) is 49.2 Å². The molecule has 0 radical (unpaired) electrons. The first-order chi connectivity index (χ1) is 16.6. The Morgan fingerprint density at radius 2 is 1.35 bits per heavy atom. The van der Waals surface area contributed by atoms with Gasteiger partial charge >= 0.3 is 0 Å². The summed E-state index contributed by atoms with van der Waals surface area (Å²) in [7, 11) is 0. The van der Waals surface area contributed by atoms with E-state index < -0.39 is 11.8 Å². The second-order valence-corrected chi connectivity index (χ2v) is 8.55. The summed E-state index contributed by atoms with van der Waals surface area (Å²) in [5.74, 6) is -0.745. The van der Waals surface area contributed by atoms with Gasteiger partial charge < -0.3 is 4.90 Å². The number of carbonyl (C=O) groups is 3. The highest BCUT2D eigenvalue weighted by Crippen LogP contribution is 2.30. The maximum Gasteiger partial charge on any atom is 0.286 e. The van der Waals surface area contributed by atoms with E-state index in [1.54, 1.807) is 48.5 Å². The molecular formula is C27H20N4O3. The Bertz CT molecular complexity index is 1400. The fourth-order valence-corrected chi connectivity index (χ4v) is 4.71. The van der Waals surface area contributed by atoms with E-state index in [0.717, 1.165) is 11.3 Å². The van der Waals surface area contributed by atoms with Gasteiger partial charge in [-0.15, -0.1) is 0 Å². The van der Waals surface area contributed by atoms with Gasteiger partial charge in [0.15, 0.2) is 11.4 Å². The van der Waals surface area contributed by atoms with Crippen molar-refractivity contribution in [2.75, 3.05) is 18.0 Å². The van der Waals surface area contributed by atoms with Crippen LogP contribution in [0.15, 0.2) is 78.9 Å². The topological polar surface area (TPSA) is 83.5 Å². The van der Waals surface area contributed by atoms with Crippen molar-refractivity contribution in [1.82, 2.24) is 14.9 Å². The first kappa shape index (κ1) is 20.2. The van der Waals surface area contributed by atoms with E-state index >= 15 is 0 Å². The van der Waals surface area contributed by atoms with Crippen LogP contribution in [0.3, 0.4) is 0 Å². The average Bonchev–Trinajstić information content (AvgIpc) is 3.47. The van der Waals surface area contributed by atoms with Crippen LogP contribution >= 0.6 is 0 Å². The van der Waals surface area contributed by atoms with Gasteiger partial charge in [0, 0.05) is 24.6 Å². The van der Waals surface area contributed by atoms with E-state index in [1.807, 2.05) is 23.1 Å². The third-order valence-corrected chi connectivity index (χ3v) is 6.50. The molecule has 1 aromatic heterocycles. The van der Waals surface area contributed by atoms with Crippen LogP contribution in [0.2, 0.25) is 0 Å². The lowest BCUT2D eigenvalue weighted by Gasteiger charge is -2.18. The summed E-state index contributed by atoms with van der Waals surface area (Å²) >= 11 is 0. The Balaban J connectivity index is 1.22. The molecule has 1 saturated heterocycles. The van der Waals surface area contributed by atoms with Gasteiger partial charge in [0.25, 0.3) is 17.7 Å². The van der Waals surface area contributed by atoms with Crippen LogP contribution in [-0.2, 0) is 0 Å². The van der Waals surface area contributed by atoms with Crippen LogP contribution in [-0.4, -0.2) is 45.7 Å². The fraction of sp³-hybridized carbons (Fsp3) is 0.148. The number of anilines is 1. The van der Waals surface area contributed by atoms with Crippen molar-refractivity contribution in [3.63, 3.8) is 0 Å². The van der Waals surface area contributed by atoms with Crippen LogP contribution in [0.4, 0.5) is 5.69 Å². The predicted molar refractivity (Wildman–Crippen MR) is 127 cm³/mol. The quantitative estimate of drug-likeness (QED) is 0.442. The van der Waals surface area contributed by atoms with E-state index in [9.17, 15) is 14.4 Å². The highest BCUT2D eigenvalue weighted by molar-refractivity contribution is 6.33. The molecule has 2 aliphatic heterocycles. The van der Waals surface area contributed by atoms with Crippen molar-refractivity contribution in [3.05, 3.63) is 101 Å². The van der Waals surface area contributed by atoms with E-state index in [4.69, 9.17) is 0 Å². The van der Waals surface area contributed by atoms with Crippen LogP contribution in [0, 0.1) is 0 Å². The van der Waals surface area contributed by atoms with Crippen molar-refractivity contribution >= 4 is 34.4 Å². The van der Waals surface area contributed by atoms with Gasteiger partial charge in [0.2, 0.25) is 0 Å². The zero-order valence-electron chi connectivity index (χ0n) is 18.2. The summed E-state index contributed by atoms with van der Waals surface area (Å²) in [5, 5.41) is 0. The van der Waals surface area contributed by atoms with Crippen molar-refractivity contribution in [2.24, 2.45) is 0 Å². The predicted octanol–water partition coefficient (Wildman–Crippen LogP) is 4.06. The monoisotopic (exact) mass is 448 g/mol. The molecule has 2 aliphatic rings. The SMILES string of the molecule is O=C(c1ccc(N2C(=O)c3nc4ccccc4nc3C2=O)cc1)N1CC[C@H](c2ccccc2)C1. The zero-order chi connectivity index (χ0) is 23.2. The molecule has 0 spiro atoms. The van der Waals surface area contributed by atoms with E-state index in [-0.39, 0.29) is 17.3 Å². The number of rotatable bonds is 3. The molecule has 0 N–H and O–H groups in total. The van der Waals surface area contributed by atoms with Gasteiger partial charge in [0.05, 0.1) is 16.7 Å². The molecule has 7 nitrogen and oxygen atoms in total. The minimum Gasteiger partial charge on any atom is -0.338 e. The van der Waals surface area contributed by atoms with Crippen molar-refractivity contribution in [1.29, 1.82) is 0 Å². The summed E-state index contributed by atoms with van der Waals surface area (Å²) in [6, 6.07) is 23.9. The van der Waals surface area contributed by atoms with Gasteiger partial charge in [-0.3, -0.25) is 14.4 Å². The Morgan fingerprint density at radius 3 is 1.97 bits per heavy atom. The van der Waals surface area contributed by atoms with Gasteiger partial charge in [0.1, 0.15) is 0 Å².